The van der Waals surface area contributed by atoms with Crippen molar-refractivity contribution in [3.05, 3.63) is 35.1 Å². The topological polar surface area (TPSA) is 65.5 Å². The number of benzene rings is 1. The number of guanidine groups is 1. The molecule has 0 aromatic heterocycles. The second-order valence-electron chi connectivity index (χ2n) is 5.00. The Kier molecular flexibility index (Phi) is 11.4. The van der Waals surface area contributed by atoms with Crippen LogP contribution in [0.2, 0.25) is 0 Å². The minimum atomic E-state index is -0.369. The summed E-state index contributed by atoms with van der Waals surface area (Å²) in [6.07, 6.45) is 2.20. The summed E-state index contributed by atoms with van der Waals surface area (Å²) >= 11 is 0. The summed E-state index contributed by atoms with van der Waals surface area (Å²) in [6.45, 7) is 5.64. The number of unbranched alkanes of at least 4 members (excludes halogenated alkanes) is 1. The molecule has 1 amide bonds. The van der Waals surface area contributed by atoms with Crippen molar-refractivity contribution in [3.8, 4) is 0 Å². The SMILES string of the molecule is CCCCNC(=NC)NCCNC(=O)c1ccc(C)c(F)c1.I. The van der Waals surface area contributed by atoms with E-state index < -0.39 is 0 Å². The number of rotatable bonds is 7. The van der Waals surface area contributed by atoms with Crippen LogP contribution in [0.15, 0.2) is 23.2 Å². The lowest BCUT2D eigenvalue weighted by Crippen LogP contribution is -2.41. The van der Waals surface area contributed by atoms with E-state index in [1.807, 2.05) is 0 Å². The third-order valence-electron chi connectivity index (χ3n) is 3.18. The first-order chi connectivity index (χ1) is 10.6. The van der Waals surface area contributed by atoms with E-state index in [1.165, 1.54) is 6.07 Å². The minimum Gasteiger partial charge on any atom is -0.356 e. The molecule has 0 fully saturated rings. The largest absolute Gasteiger partial charge is 0.356 e. The summed E-state index contributed by atoms with van der Waals surface area (Å²) in [6, 6.07) is 4.47. The van der Waals surface area contributed by atoms with Crippen LogP contribution in [-0.2, 0) is 0 Å². The Bertz CT molecular complexity index is 523. The highest BCUT2D eigenvalue weighted by molar-refractivity contribution is 14.0. The number of carbonyl (C=O) groups is 1. The Labute approximate surface area is 154 Å². The van der Waals surface area contributed by atoms with Gasteiger partial charge in [-0.05, 0) is 31.0 Å². The van der Waals surface area contributed by atoms with E-state index in [0.29, 0.717) is 30.2 Å². The van der Waals surface area contributed by atoms with Gasteiger partial charge in [0.15, 0.2) is 5.96 Å². The second-order valence-corrected chi connectivity index (χ2v) is 5.00. The maximum absolute atomic E-state index is 13.4. The molecule has 1 rings (SSSR count). The molecular weight excluding hydrogens is 410 g/mol. The Balaban J connectivity index is 0.00000484. The van der Waals surface area contributed by atoms with Gasteiger partial charge in [0, 0.05) is 32.2 Å². The lowest BCUT2D eigenvalue weighted by molar-refractivity contribution is 0.0954. The van der Waals surface area contributed by atoms with Crippen molar-refractivity contribution in [2.75, 3.05) is 26.7 Å². The predicted octanol–water partition coefficient (Wildman–Crippen LogP) is 2.45. The van der Waals surface area contributed by atoms with Crippen LogP contribution in [-0.4, -0.2) is 38.5 Å². The van der Waals surface area contributed by atoms with E-state index >= 15 is 0 Å². The van der Waals surface area contributed by atoms with Gasteiger partial charge in [0.2, 0.25) is 0 Å². The first-order valence-electron chi connectivity index (χ1n) is 7.57. The zero-order valence-corrected chi connectivity index (χ0v) is 16.2. The van der Waals surface area contributed by atoms with Gasteiger partial charge in [0.1, 0.15) is 5.82 Å². The van der Waals surface area contributed by atoms with Gasteiger partial charge in [-0.15, -0.1) is 24.0 Å². The summed E-state index contributed by atoms with van der Waals surface area (Å²) in [5.74, 6) is 0.0602. The standard InChI is InChI=1S/C16H25FN4O.HI/c1-4-5-8-20-16(18-3)21-10-9-19-15(22)13-7-6-12(2)14(17)11-13;/h6-7,11H,4-5,8-10H2,1-3H3,(H,19,22)(H2,18,20,21);1H. The smallest absolute Gasteiger partial charge is 0.251 e. The van der Waals surface area contributed by atoms with E-state index in [0.717, 1.165) is 19.4 Å². The molecule has 0 unspecified atom stereocenters. The van der Waals surface area contributed by atoms with Gasteiger partial charge in [-0.3, -0.25) is 9.79 Å². The molecule has 0 aliphatic heterocycles. The van der Waals surface area contributed by atoms with Crippen molar-refractivity contribution in [3.63, 3.8) is 0 Å². The van der Waals surface area contributed by atoms with Gasteiger partial charge >= 0.3 is 0 Å². The van der Waals surface area contributed by atoms with Crippen molar-refractivity contribution >= 4 is 35.8 Å². The van der Waals surface area contributed by atoms with Crippen LogP contribution in [0.5, 0.6) is 0 Å². The van der Waals surface area contributed by atoms with Crippen molar-refractivity contribution < 1.29 is 9.18 Å². The number of amides is 1. The molecule has 0 saturated heterocycles. The molecule has 1 aromatic rings. The van der Waals surface area contributed by atoms with Gasteiger partial charge in [-0.25, -0.2) is 4.39 Å². The average Bonchev–Trinajstić information content (AvgIpc) is 2.52. The van der Waals surface area contributed by atoms with Crippen LogP contribution in [0.25, 0.3) is 0 Å². The number of nitrogens with one attached hydrogen (secondary N) is 3. The highest BCUT2D eigenvalue weighted by atomic mass is 127. The maximum atomic E-state index is 13.4. The Morgan fingerprint density at radius 1 is 1.17 bits per heavy atom. The zero-order chi connectivity index (χ0) is 16.4. The lowest BCUT2D eigenvalue weighted by Gasteiger charge is -2.12. The molecule has 1 aromatic carbocycles. The molecule has 130 valence electrons. The summed E-state index contributed by atoms with van der Waals surface area (Å²) in [4.78, 5) is 16.0. The van der Waals surface area contributed by atoms with Crippen LogP contribution in [0.4, 0.5) is 4.39 Å². The Morgan fingerprint density at radius 2 is 1.83 bits per heavy atom. The van der Waals surface area contributed by atoms with E-state index in [-0.39, 0.29) is 35.7 Å². The first kappa shape index (κ1) is 21.6. The highest BCUT2D eigenvalue weighted by Gasteiger charge is 2.07. The van der Waals surface area contributed by atoms with Crippen LogP contribution in [0, 0.1) is 12.7 Å². The molecule has 0 aliphatic rings. The molecule has 0 bridgehead atoms. The summed E-state index contributed by atoms with van der Waals surface area (Å²) < 4.78 is 13.4. The van der Waals surface area contributed by atoms with E-state index in [9.17, 15) is 9.18 Å². The third-order valence-corrected chi connectivity index (χ3v) is 3.18. The van der Waals surface area contributed by atoms with Crippen LogP contribution < -0.4 is 16.0 Å². The number of aryl methyl sites for hydroxylation is 1. The molecule has 3 N–H and O–H groups in total. The van der Waals surface area contributed by atoms with Crippen molar-refractivity contribution in [1.29, 1.82) is 0 Å². The van der Waals surface area contributed by atoms with Gasteiger partial charge in [0.05, 0.1) is 0 Å². The highest BCUT2D eigenvalue weighted by Crippen LogP contribution is 2.08. The number of halogens is 2. The summed E-state index contributed by atoms with van der Waals surface area (Å²) in [5, 5.41) is 9.03. The summed E-state index contributed by atoms with van der Waals surface area (Å²) in [5.41, 5.74) is 0.855. The fourth-order valence-corrected chi connectivity index (χ4v) is 1.80. The summed E-state index contributed by atoms with van der Waals surface area (Å²) in [7, 11) is 1.70. The molecule has 0 spiro atoms. The number of hydrogen-bond acceptors (Lipinski definition) is 2. The quantitative estimate of drug-likeness (QED) is 0.266. The Hall–Kier alpha value is -1.38. The molecule has 0 radical (unpaired) electrons. The normalized spacial score (nSPS) is 10.7. The predicted molar refractivity (Wildman–Crippen MR) is 103 cm³/mol. The fourth-order valence-electron chi connectivity index (χ4n) is 1.80. The fraction of sp³-hybridized carbons (Fsp3) is 0.500. The van der Waals surface area contributed by atoms with Gasteiger partial charge in [0.25, 0.3) is 5.91 Å². The number of carbonyl (C=O) groups excluding carboxylic acids is 1. The minimum absolute atomic E-state index is 0. The van der Waals surface area contributed by atoms with Gasteiger partial charge in [-0.2, -0.15) is 0 Å². The van der Waals surface area contributed by atoms with Gasteiger partial charge in [-0.1, -0.05) is 19.4 Å². The molecule has 0 aliphatic carbocycles. The Morgan fingerprint density at radius 3 is 2.43 bits per heavy atom. The molecule has 23 heavy (non-hydrogen) atoms. The van der Waals surface area contributed by atoms with Crippen LogP contribution in [0.3, 0.4) is 0 Å². The van der Waals surface area contributed by atoms with E-state index in [4.69, 9.17) is 0 Å². The van der Waals surface area contributed by atoms with Crippen LogP contribution in [0.1, 0.15) is 35.7 Å². The number of hydrogen-bond donors (Lipinski definition) is 3. The molecule has 0 heterocycles. The van der Waals surface area contributed by atoms with Crippen molar-refractivity contribution in [1.82, 2.24) is 16.0 Å². The maximum Gasteiger partial charge on any atom is 0.251 e. The van der Waals surface area contributed by atoms with Crippen molar-refractivity contribution in [2.45, 2.75) is 26.7 Å². The molecule has 0 atom stereocenters. The molecule has 5 nitrogen and oxygen atoms in total. The van der Waals surface area contributed by atoms with Crippen LogP contribution >= 0.6 is 24.0 Å². The van der Waals surface area contributed by atoms with E-state index in [1.54, 1.807) is 26.1 Å². The lowest BCUT2D eigenvalue weighted by atomic mass is 10.1. The monoisotopic (exact) mass is 436 g/mol. The first-order valence-corrected chi connectivity index (χ1v) is 7.57. The molecule has 7 heteroatoms. The van der Waals surface area contributed by atoms with Gasteiger partial charge < -0.3 is 16.0 Å². The second kappa shape index (κ2) is 12.1. The third kappa shape index (κ3) is 8.15. The molecule has 0 saturated carbocycles. The molecular formula is C16H26FIN4O. The van der Waals surface area contributed by atoms with E-state index in [2.05, 4.69) is 27.9 Å². The number of aliphatic imine (C=N–C) groups is 1. The van der Waals surface area contributed by atoms with Crippen molar-refractivity contribution in [2.24, 2.45) is 4.99 Å². The number of nitrogens with zero attached hydrogens (tertiary/aromatic N) is 1. The average molecular weight is 436 g/mol. The zero-order valence-electron chi connectivity index (χ0n) is 13.9.